The maximum absolute atomic E-state index is 11.5. The van der Waals surface area contributed by atoms with E-state index in [1.54, 1.807) is 0 Å². The zero-order valence-electron chi connectivity index (χ0n) is 21.2. The molecule has 8 nitrogen and oxygen atoms in total. The Hall–Kier alpha value is -3.26. The number of aliphatic imine (C=N–C) groups is 1. The van der Waals surface area contributed by atoms with Gasteiger partial charge in [0.25, 0.3) is 0 Å². The van der Waals surface area contributed by atoms with Crippen LogP contribution in [0.25, 0.3) is 0 Å². The quantitative estimate of drug-likeness (QED) is 0.453. The third-order valence-electron chi connectivity index (χ3n) is 6.91. The molecule has 35 heavy (non-hydrogen) atoms. The third kappa shape index (κ3) is 6.06. The average Bonchev–Trinajstić information content (AvgIpc) is 3.28. The molecule has 1 unspecified atom stereocenters. The van der Waals surface area contributed by atoms with Crippen LogP contribution in [0, 0.1) is 5.92 Å². The molecule has 8 heteroatoms. The van der Waals surface area contributed by atoms with Crippen molar-refractivity contribution in [3.8, 4) is 0 Å². The van der Waals surface area contributed by atoms with Gasteiger partial charge < -0.3 is 20.9 Å². The Kier molecular flexibility index (Phi) is 7.80. The Balaban J connectivity index is 1.56. The molecule has 1 aliphatic heterocycles. The van der Waals surface area contributed by atoms with Crippen LogP contribution in [-0.4, -0.2) is 53.2 Å². The fraction of sp³-hybridized carbons (Fsp3) is 0.481. The molecule has 0 bridgehead atoms. The summed E-state index contributed by atoms with van der Waals surface area (Å²) in [5.41, 5.74) is 3.64. The Morgan fingerprint density at radius 2 is 1.97 bits per heavy atom. The van der Waals surface area contributed by atoms with E-state index in [2.05, 4.69) is 55.4 Å². The first kappa shape index (κ1) is 24.9. The van der Waals surface area contributed by atoms with E-state index in [4.69, 9.17) is 15.0 Å². The first-order chi connectivity index (χ1) is 16.8. The highest BCUT2D eigenvalue weighted by Crippen LogP contribution is 2.41. The van der Waals surface area contributed by atoms with Gasteiger partial charge in [0.15, 0.2) is 5.82 Å². The van der Waals surface area contributed by atoms with Gasteiger partial charge in [-0.05, 0) is 69.5 Å². The van der Waals surface area contributed by atoms with Crippen molar-refractivity contribution in [2.75, 3.05) is 24.7 Å². The fourth-order valence-electron chi connectivity index (χ4n) is 4.77. The van der Waals surface area contributed by atoms with Gasteiger partial charge in [-0.1, -0.05) is 32.6 Å². The van der Waals surface area contributed by atoms with Crippen LogP contribution in [0.2, 0.25) is 0 Å². The van der Waals surface area contributed by atoms with Gasteiger partial charge in [-0.15, -0.1) is 0 Å². The van der Waals surface area contributed by atoms with Crippen molar-refractivity contribution in [3.05, 3.63) is 48.2 Å². The summed E-state index contributed by atoms with van der Waals surface area (Å²) in [7, 11) is 4.32. The van der Waals surface area contributed by atoms with E-state index in [1.165, 1.54) is 18.9 Å². The van der Waals surface area contributed by atoms with Crippen LogP contribution in [0.15, 0.2) is 41.9 Å². The first-order valence-corrected chi connectivity index (χ1v) is 12.5. The van der Waals surface area contributed by atoms with Gasteiger partial charge in [0, 0.05) is 36.4 Å². The number of hydrogen-bond acceptors (Lipinski definition) is 7. The molecule has 4 rings (SSSR count). The molecule has 2 aliphatic rings. The normalized spacial score (nSPS) is 21.1. The highest BCUT2D eigenvalue weighted by atomic mass is 16.1. The molecule has 1 aliphatic carbocycles. The second-order valence-electron chi connectivity index (χ2n) is 10.0. The number of rotatable bonds is 9. The van der Waals surface area contributed by atoms with E-state index < -0.39 is 0 Å². The third-order valence-corrected chi connectivity index (χ3v) is 6.91. The summed E-state index contributed by atoms with van der Waals surface area (Å²) in [6, 6.07) is 8.94. The summed E-state index contributed by atoms with van der Waals surface area (Å²) < 4.78 is 0. The zero-order chi connectivity index (χ0) is 24.9. The summed E-state index contributed by atoms with van der Waals surface area (Å²) in [5, 5.41) is 9.89. The van der Waals surface area contributed by atoms with Crippen LogP contribution in [0.3, 0.4) is 0 Å². The zero-order valence-corrected chi connectivity index (χ0v) is 21.2. The van der Waals surface area contributed by atoms with E-state index in [0.717, 1.165) is 35.5 Å². The predicted octanol–water partition coefficient (Wildman–Crippen LogP) is 4.76. The van der Waals surface area contributed by atoms with Gasteiger partial charge in [0.2, 0.25) is 11.9 Å². The molecule has 1 fully saturated rings. The van der Waals surface area contributed by atoms with Crippen molar-refractivity contribution >= 4 is 35.3 Å². The number of fused-ring (bicyclic) bond motifs is 1. The van der Waals surface area contributed by atoms with Crippen molar-refractivity contribution in [3.63, 3.8) is 0 Å². The summed E-state index contributed by atoms with van der Waals surface area (Å²) in [6.07, 6.45) is 7.82. The molecule has 186 valence electrons. The molecule has 1 saturated carbocycles. The summed E-state index contributed by atoms with van der Waals surface area (Å²) in [6.45, 7) is 8.31. The first-order valence-electron chi connectivity index (χ1n) is 12.5. The summed E-state index contributed by atoms with van der Waals surface area (Å²) in [5.74, 6) is 1.72. The van der Waals surface area contributed by atoms with Gasteiger partial charge in [0.1, 0.15) is 5.69 Å². The fourth-order valence-corrected chi connectivity index (χ4v) is 4.77. The molecule has 1 aromatic carbocycles. The number of amides is 1. The molecule has 1 aromatic heterocycles. The molecule has 2 heterocycles. The van der Waals surface area contributed by atoms with Gasteiger partial charge in [-0.25, -0.2) is 4.98 Å². The maximum atomic E-state index is 11.5. The van der Waals surface area contributed by atoms with Crippen molar-refractivity contribution in [1.82, 2.24) is 20.2 Å². The largest absolute Gasteiger partial charge is 0.351 e. The lowest BCUT2D eigenvalue weighted by molar-refractivity contribution is -0.116. The van der Waals surface area contributed by atoms with Crippen LogP contribution in [0.4, 0.5) is 23.1 Å². The molecule has 0 spiro atoms. The molecule has 3 N–H and O–H groups in total. The van der Waals surface area contributed by atoms with Gasteiger partial charge in [0.05, 0.1) is 5.69 Å². The Labute approximate surface area is 208 Å². The van der Waals surface area contributed by atoms with Crippen LogP contribution in [-0.2, 0) is 11.3 Å². The molecule has 1 amide bonds. The molecule has 0 radical (unpaired) electrons. The predicted molar refractivity (Wildman–Crippen MR) is 143 cm³/mol. The minimum atomic E-state index is -0.193. The van der Waals surface area contributed by atoms with Crippen LogP contribution in [0.1, 0.15) is 56.7 Å². The maximum Gasteiger partial charge on any atom is 0.243 e. The van der Waals surface area contributed by atoms with E-state index >= 15 is 0 Å². The smallest absolute Gasteiger partial charge is 0.243 e. The molecule has 2 aromatic rings. The standard InChI is InChI=1S/C27H37N7O/c1-6-23(35)28-15-18-8-7-9-20(14-18)30-26-25-24(22(16-29-25)17(2)3)32-27(33-26)31-19-10-12-21(13-11-19)34(4)5/h6-9,14,16-17,19,21-22H,1,10-13,15H2,2-5H3,(H,28,35)(H2,30,31,32,33). The second kappa shape index (κ2) is 11.0. The number of benzene rings is 1. The van der Waals surface area contributed by atoms with Gasteiger partial charge in [-0.3, -0.25) is 9.79 Å². The molecule has 1 atom stereocenters. The number of anilines is 3. The number of aromatic nitrogens is 2. The number of nitrogens with one attached hydrogen (secondary N) is 3. The van der Waals surface area contributed by atoms with Crippen LogP contribution < -0.4 is 16.0 Å². The molecule has 0 saturated heterocycles. The molecular weight excluding hydrogens is 438 g/mol. The van der Waals surface area contributed by atoms with E-state index in [9.17, 15) is 4.79 Å². The number of nitrogens with zero attached hydrogens (tertiary/aromatic N) is 4. The topological polar surface area (TPSA) is 94.5 Å². The highest BCUT2D eigenvalue weighted by molar-refractivity contribution is 5.87. The Morgan fingerprint density at radius 3 is 2.66 bits per heavy atom. The minimum absolute atomic E-state index is 0.166. The Morgan fingerprint density at radius 1 is 1.20 bits per heavy atom. The minimum Gasteiger partial charge on any atom is -0.351 e. The van der Waals surface area contributed by atoms with Crippen molar-refractivity contribution in [2.45, 2.75) is 64.1 Å². The van der Waals surface area contributed by atoms with Gasteiger partial charge in [-0.2, -0.15) is 4.98 Å². The van der Waals surface area contributed by atoms with E-state index in [1.807, 2.05) is 30.5 Å². The lowest BCUT2D eigenvalue weighted by Crippen LogP contribution is -2.36. The average molecular weight is 476 g/mol. The summed E-state index contributed by atoms with van der Waals surface area (Å²) >= 11 is 0. The SMILES string of the molecule is C=CC(=O)NCc1cccc(Nc2nc(NC3CCC(N(C)C)CC3)nc3c2N=CC3C(C)C)c1. The lowest BCUT2D eigenvalue weighted by atomic mass is 9.90. The van der Waals surface area contributed by atoms with Crippen molar-refractivity contribution in [2.24, 2.45) is 10.9 Å². The monoisotopic (exact) mass is 475 g/mol. The van der Waals surface area contributed by atoms with Crippen LogP contribution >= 0.6 is 0 Å². The number of hydrogen-bond donors (Lipinski definition) is 3. The number of carbonyl (C=O) groups excluding carboxylic acids is 1. The van der Waals surface area contributed by atoms with Gasteiger partial charge >= 0.3 is 0 Å². The lowest BCUT2D eigenvalue weighted by Gasteiger charge is -2.33. The van der Waals surface area contributed by atoms with E-state index in [-0.39, 0.29) is 11.8 Å². The van der Waals surface area contributed by atoms with Crippen molar-refractivity contribution < 1.29 is 4.79 Å². The molecular formula is C27H37N7O. The van der Waals surface area contributed by atoms with Crippen molar-refractivity contribution in [1.29, 1.82) is 0 Å². The second-order valence-corrected chi connectivity index (χ2v) is 10.0. The Bertz CT molecular complexity index is 1090. The summed E-state index contributed by atoms with van der Waals surface area (Å²) in [4.78, 5) is 28.3. The highest BCUT2D eigenvalue weighted by Gasteiger charge is 2.29. The van der Waals surface area contributed by atoms with Crippen LogP contribution in [0.5, 0.6) is 0 Å². The number of carbonyl (C=O) groups is 1. The van der Waals surface area contributed by atoms with E-state index in [0.29, 0.717) is 36.3 Å².